The fourth-order valence-electron chi connectivity index (χ4n) is 3.36. The first-order valence-electron chi connectivity index (χ1n) is 9.76. The lowest BCUT2D eigenvalue weighted by molar-refractivity contribution is 0.0452. The summed E-state index contributed by atoms with van der Waals surface area (Å²) in [5.41, 5.74) is 3.90. The average molecular weight is 412 g/mol. The predicted molar refractivity (Wildman–Crippen MR) is 116 cm³/mol. The number of esters is 1. The molecule has 0 amide bonds. The monoisotopic (exact) mass is 412 g/mol. The molecular weight excluding hydrogens is 392 g/mol. The minimum Gasteiger partial charge on any atom is -0.490 e. The highest BCUT2D eigenvalue weighted by atomic mass is 16.6. The molecule has 4 rings (SSSR count). The molecule has 7 heteroatoms. The van der Waals surface area contributed by atoms with E-state index in [0.29, 0.717) is 39.3 Å². The third-order valence-corrected chi connectivity index (χ3v) is 4.83. The van der Waals surface area contributed by atoms with E-state index in [1.807, 2.05) is 37.3 Å². The number of aromatic nitrogens is 3. The van der Waals surface area contributed by atoms with Gasteiger partial charge in [0, 0.05) is 12.6 Å². The second-order valence-electron chi connectivity index (χ2n) is 6.95. The largest absolute Gasteiger partial charge is 0.490 e. The van der Waals surface area contributed by atoms with E-state index in [9.17, 15) is 4.79 Å². The van der Waals surface area contributed by atoms with Gasteiger partial charge >= 0.3 is 5.97 Å². The molecule has 0 unspecified atom stereocenters. The highest BCUT2D eigenvalue weighted by molar-refractivity contribution is 6.05. The van der Waals surface area contributed by atoms with Crippen LogP contribution in [0.2, 0.25) is 0 Å². The number of fused-ring (bicyclic) bond motifs is 1. The summed E-state index contributed by atoms with van der Waals surface area (Å²) in [5, 5.41) is 13.9. The lowest BCUT2D eigenvalue weighted by Crippen LogP contribution is -2.13. The summed E-state index contributed by atoms with van der Waals surface area (Å²) in [6.07, 6.45) is 0. The van der Waals surface area contributed by atoms with Gasteiger partial charge in [0.2, 0.25) is 0 Å². The topological polar surface area (TPSA) is 90.0 Å². The van der Waals surface area contributed by atoms with E-state index in [1.165, 1.54) is 0 Å². The van der Waals surface area contributed by atoms with Gasteiger partial charge in [-0.25, -0.2) is 9.78 Å². The van der Waals surface area contributed by atoms with Crippen molar-refractivity contribution in [1.82, 2.24) is 14.8 Å². The first kappa shape index (κ1) is 20.1. The Morgan fingerprint density at radius 2 is 1.84 bits per heavy atom. The second-order valence-corrected chi connectivity index (χ2v) is 6.95. The first-order chi connectivity index (χ1) is 15.1. The van der Waals surface area contributed by atoms with E-state index < -0.39 is 5.97 Å². The van der Waals surface area contributed by atoms with Crippen LogP contribution in [0.1, 0.15) is 21.6 Å². The lowest BCUT2D eigenvalue weighted by atomic mass is 10.1. The van der Waals surface area contributed by atoms with Crippen molar-refractivity contribution in [2.75, 3.05) is 13.2 Å². The fraction of sp³-hybridized carbons (Fsp3) is 0.167. The molecule has 0 aliphatic rings. The molecule has 2 aromatic heterocycles. The van der Waals surface area contributed by atoms with E-state index in [1.54, 1.807) is 42.1 Å². The van der Waals surface area contributed by atoms with Crippen LogP contribution in [-0.2, 0) is 11.8 Å². The third-order valence-electron chi connectivity index (χ3n) is 4.83. The summed E-state index contributed by atoms with van der Waals surface area (Å²) in [4.78, 5) is 17.6. The van der Waals surface area contributed by atoms with Crippen molar-refractivity contribution in [3.05, 3.63) is 77.5 Å². The van der Waals surface area contributed by atoms with Crippen LogP contribution >= 0.6 is 0 Å². The van der Waals surface area contributed by atoms with Crippen LogP contribution < -0.4 is 4.74 Å². The van der Waals surface area contributed by atoms with Crippen LogP contribution in [0.25, 0.3) is 22.3 Å². The molecule has 0 bridgehead atoms. The number of nitriles is 1. The molecule has 0 fully saturated rings. The van der Waals surface area contributed by atoms with Crippen LogP contribution in [0, 0.1) is 18.3 Å². The minimum absolute atomic E-state index is 0.0859. The van der Waals surface area contributed by atoms with Gasteiger partial charge in [0.25, 0.3) is 0 Å². The van der Waals surface area contributed by atoms with Crippen molar-refractivity contribution >= 4 is 17.0 Å². The second kappa shape index (κ2) is 8.67. The summed E-state index contributed by atoms with van der Waals surface area (Å²) < 4.78 is 12.7. The Morgan fingerprint density at radius 3 is 2.55 bits per heavy atom. The highest BCUT2D eigenvalue weighted by Crippen LogP contribution is 2.27. The van der Waals surface area contributed by atoms with Gasteiger partial charge in [-0.2, -0.15) is 10.4 Å². The van der Waals surface area contributed by atoms with Crippen molar-refractivity contribution < 1.29 is 14.3 Å². The Hall–Kier alpha value is -4.18. The van der Waals surface area contributed by atoms with Crippen molar-refractivity contribution in [2.45, 2.75) is 6.92 Å². The molecule has 0 radical (unpaired) electrons. The summed E-state index contributed by atoms with van der Waals surface area (Å²) in [6, 6.07) is 20.2. The van der Waals surface area contributed by atoms with Crippen molar-refractivity contribution in [3.63, 3.8) is 0 Å². The summed E-state index contributed by atoms with van der Waals surface area (Å²) in [5.74, 6) is 0.153. The molecule has 154 valence electrons. The van der Waals surface area contributed by atoms with Crippen LogP contribution in [0.5, 0.6) is 5.75 Å². The Bertz CT molecular complexity index is 1270. The Balaban J connectivity index is 1.53. The number of carbonyl (C=O) groups excluding carboxylic acids is 1. The molecule has 2 aromatic carbocycles. The van der Waals surface area contributed by atoms with Gasteiger partial charge in [-0.3, -0.25) is 4.68 Å². The van der Waals surface area contributed by atoms with Crippen LogP contribution in [-0.4, -0.2) is 33.9 Å². The van der Waals surface area contributed by atoms with Gasteiger partial charge in [-0.05, 0) is 37.3 Å². The van der Waals surface area contributed by atoms with E-state index in [2.05, 4.69) is 11.2 Å². The average Bonchev–Trinajstić information content (AvgIpc) is 3.10. The molecular formula is C24H20N4O3. The van der Waals surface area contributed by atoms with Crippen molar-refractivity contribution in [3.8, 4) is 23.1 Å². The lowest BCUT2D eigenvalue weighted by Gasteiger charge is -2.10. The maximum atomic E-state index is 12.9. The minimum atomic E-state index is -0.455. The van der Waals surface area contributed by atoms with E-state index >= 15 is 0 Å². The first-order valence-corrected chi connectivity index (χ1v) is 9.76. The zero-order chi connectivity index (χ0) is 21.8. The maximum absolute atomic E-state index is 12.9. The van der Waals surface area contributed by atoms with Gasteiger partial charge in [-0.1, -0.05) is 30.3 Å². The zero-order valence-electron chi connectivity index (χ0n) is 17.2. The van der Waals surface area contributed by atoms with Gasteiger partial charge in [0.15, 0.2) is 5.65 Å². The normalized spacial score (nSPS) is 10.6. The van der Waals surface area contributed by atoms with E-state index in [4.69, 9.17) is 19.7 Å². The summed E-state index contributed by atoms with van der Waals surface area (Å²) in [6.45, 7) is 2.13. The van der Waals surface area contributed by atoms with Gasteiger partial charge < -0.3 is 9.47 Å². The number of benzene rings is 2. The Labute approximate surface area is 179 Å². The van der Waals surface area contributed by atoms with Gasteiger partial charge in [0.05, 0.1) is 34.0 Å². The molecule has 4 aromatic rings. The SMILES string of the molecule is Cc1nn(C)c2nc(-c3ccccc3)cc(C(=O)OCCOc3ccc(C#N)cc3)c12. The van der Waals surface area contributed by atoms with Gasteiger partial charge in [0.1, 0.15) is 19.0 Å². The number of ether oxygens (including phenoxy) is 2. The number of rotatable bonds is 6. The standard InChI is InChI=1S/C24H20N4O3/c1-16-22-20(24(29)31-13-12-30-19-10-8-17(15-25)9-11-19)14-21(18-6-4-3-5-7-18)26-23(22)28(2)27-16/h3-11,14H,12-13H2,1-2H3. The summed E-state index contributed by atoms with van der Waals surface area (Å²) >= 11 is 0. The van der Waals surface area contributed by atoms with E-state index in [0.717, 1.165) is 5.56 Å². The molecule has 2 heterocycles. The van der Waals surface area contributed by atoms with Crippen LogP contribution in [0.4, 0.5) is 0 Å². The fourth-order valence-corrected chi connectivity index (χ4v) is 3.36. The zero-order valence-corrected chi connectivity index (χ0v) is 17.2. The number of hydrogen-bond donors (Lipinski definition) is 0. The highest BCUT2D eigenvalue weighted by Gasteiger charge is 2.20. The number of hydrogen-bond acceptors (Lipinski definition) is 6. The van der Waals surface area contributed by atoms with Crippen LogP contribution in [0.3, 0.4) is 0 Å². The van der Waals surface area contributed by atoms with Crippen molar-refractivity contribution in [1.29, 1.82) is 5.26 Å². The Morgan fingerprint density at radius 1 is 1.10 bits per heavy atom. The molecule has 0 N–H and O–H groups in total. The Kier molecular flexibility index (Phi) is 5.63. The predicted octanol–water partition coefficient (Wildman–Crippen LogP) is 4.05. The van der Waals surface area contributed by atoms with Crippen LogP contribution in [0.15, 0.2) is 60.7 Å². The number of nitrogens with zero attached hydrogens (tertiary/aromatic N) is 4. The van der Waals surface area contributed by atoms with Gasteiger partial charge in [-0.15, -0.1) is 0 Å². The molecule has 0 saturated carbocycles. The molecule has 7 nitrogen and oxygen atoms in total. The number of pyridine rings is 1. The molecule has 0 aliphatic heterocycles. The van der Waals surface area contributed by atoms with E-state index in [-0.39, 0.29) is 13.2 Å². The maximum Gasteiger partial charge on any atom is 0.339 e. The third kappa shape index (κ3) is 4.23. The number of aryl methyl sites for hydroxylation is 2. The van der Waals surface area contributed by atoms with Crippen molar-refractivity contribution in [2.24, 2.45) is 7.05 Å². The molecule has 0 saturated heterocycles. The molecule has 0 spiro atoms. The molecule has 31 heavy (non-hydrogen) atoms. The summed E-state index contributed by atoms with van der Waals surface area (Å²) in [7, 11) is 1.80. The number of carbonyl (C=O) groups is 1. The quantitative estimate of drug-likeness (QED) is 0.351. The molecule has 0 aliphatic carbocycles. The molecule has 0 atom stereocenters. The smallest absolute Gasteiger partial charge is 0.339 e.